The van der Waals surface area contributed by atoms with E-state index in [-0.39, 0.29) is 0 Å². The first-order chi connectivity index (χ1) is 15.6. The average Bonchev–Trinajstić information content (AvgIpc) is 3.13. The summed E-state index contributed by atoms with van der Waals surface area (Å²) in [5, 5.41) is 1.34. The molecule has 5 heteroatoms. The topological polar surface area (TPSA) is 9.86 Å². The molecule has 0 N–H and O–H groups in total. The molecule has 0 unspecified atom stereocenters. The second-order valence-corrected chi connectivity index (χ2v) is 8.58. The van der Waals surface area contributed by atoms with Gasteiger partial charge in [-0.05, 0) is 54.7 Å². The third-order valence-corrected chi connectivity index (χ3v) is 6.15. The van der Waals surface area contributed by atoms with E-state index < -0.39 is 0 Å². The largest absolute Gasteiger partial charge is 0.284 e. The summed E-state index contributed by atoms with van der Waals surface area (Å²) in [7, 11) is 0. The van der Waals surface area contributed by atoms with Crippen LogP contribution in [0.1, 0.15) is 0 Å². The van der Waals surface area contributed by atoms with Crippen molar-refractivity contribution in [3.63, 3.8) is 0 Å². The van der Waals surface area contributed by atoms with Gasteiger partial charge in [0.1, 0.15) is 0 Å². The molecular weight excluding hydrogens is 455 g/mol. The molecule has 2 nitrogen and oxygen atoms in total. The van der Waals surface area contributed by atoms with E-state index in [9.17, 15) is 0 Å². The van der Waals surface area contributed by atoms with Gasteiger partial charge in [-0.2, -0.15) is 0 Å². The van der Waals surface area contributed by atoms with Crippen LogP contribution in [0.25, 0.3) is 33.9 Å². The van der Waals surface area contributed by atoms with Crippen molar-refractivity contribution in [3.8, 4) is 33.9 Å². The molecular formula is C27H18Cl2N2S. The lowest BCUT2D eigenvalue weighted by atomic mass is 10.0. The molecule has 5 rings (SSSR count). The summed E-state index contributed by atoms with van der Waals surface area (Å²) in [6.07, 6.45) is 0. The Morgan fingerprint density at radius 2 is 1.03 bits per heavy atom. The van der Waals surface area contributed by atoms with Crippen LogP contribution in [-0.4, -0.2) is 9.13 Å². The van der Waals surface area contributed by atoms with Crippen molar-refractivity contribution >= 4 is 35.4 Å². The molecule has 0 aliphatic heterocycles. The van der Waals surface area contributed by atoms with Crippen LogP contribution < -0.4 is 0 Å². The van der Waals surface area contributed by atoms with Crippen molar-refractivity contribution in [1.82, 2.24) is 9.13 Å². The summed E-state index contributed by atoms with van der Waals surface area (Å²) in [4.78, 5) is 0. The molecule has 0 saturated carbocycles. The Hall–Kier alpha value is -3.11. The highest BCUT2D eigenvalue weighted by Crippen LogP contribution is 2.38. The summed E-state index contributed by atoms with van der Waals surface area (Å²) < 4.78 is 4.84. The van der Waals surface area contributed by atoms with Crippen molar-refractivity contribution in [2.75, 3.05) is 0 Å². The smallest absolute Gasteiger partial charge is 0.190 e. The molecule has 0 fully saturated rings. The number of rotatable bonds is 4. The van der Waals surface area contributed by atoms with E-state index in [0.29, 0.717) is 14.8 Å². The van der Waals surface area contributed by atoms with Gasteiger partial charge in [0.2, 0.25) is 0 Å². The Morgan fingerprint density at radius 3 is 1.56 bits per heavy atom. The molecule has 0 bridgehead atoms. The zero-order valence-corrected chi connectivity index (χ0v) is 19.3. The van der Waals surface area contributed by atoms with Gasteiger partial charge in [0.25, 0.3) is 0 Å². The zero-order chi connectivity index (χ0) is 22.1. The van der Waals surface area contributed by atoms with E-state index in [1.807, 2.05) is 84.9 Å². The zero-order valence-electron chi connectivity index (χ0n) is 17.0. The Labute approximate surface area is 201 Å². The Balaban J connectivity index is 1.95. The van der Waals surface area contributed by atoms with Crippen molar-refractivity contribution in [3.05, 3.63) is 124 Å². The molecule has 0 spiro atoms. The highest BCUT2D eigenvalue weighted by Gasteiger charge is 2.22. The van der Waals surface area contributed by atoms with Gasteiger partial charge in [-0.15, -0.1) is 0 Å². The van der Waals surface area contributed by atoms with Crippen LogP contribution >= 0.6 is 35.4 Å². The normalized spacial score (nSPS) is 10.9. The van der Waals surface area contributed by atoms with Crippen LogP contribution in [0.3, 0.4) is 0 Å². The van der Waals surface area contributed by atoms with E-state index in [2.05, 4.69) is 33.4 Å². The van der Waals surface area contributed by atoms with E-state index in [1.165, 1.54) is 0 Å². The summed E-state index contributed by atoms with van der Waals surface area (Å²) in [6, 6.07) is 36.1. The monoisotopic (exact) mass is 472 g/mol. The molecule has 4 aromatic carbocycles. The van der Waals surface area contributed by atoms with Crippen LogP contribution in [0, 0.1) is 4.77 Å². The molecule has 0 atom stereocenters. The number of hydrogen-bond acceptors (Lipinski definition) is 1. The number of aromatic nitrogens is 2. The van der Waals surface area contributed by atoms with Crippen molar-refractivity contribution < 1.29 is 0 Å². The predicted octanol–water partition coefficient (Wildman–Crippen LogP) is 8.64. The molecule has 1 aromatic heterocycles. The lowest BCUT2D eigenvalue weighted by Crippen LogP contribution is -1.99. The second kappa shape index (κ2) is 8.79. The van der Waals surface area contributed by atoms with Gasteiger partial charge in [-0.25, -0.2) is 0 Å². The van der Waals surface area contributed by atoms with Crippen LogP contribution in [0.4, 0.5) is 0 Å². The fraction of sp³-hybridized carbons (Fsp3) is 0. The summed E-state index contributed by atoms with van der Waals surface area (Å²) in [5.41, 5.74) is 5.98. The lowest BCUT2D eigenvalue weighted by Gasteiger charge is -2.12. The number of nitrogens with zero attached hydrogens (tertiary/aromatic N) is 2. The SMILES string of the molecule is S=c1n(-c2ccc(Cl)cc2)c(-c2ccccc2)c(-c2ccccc2)n1-c1cccc(Cl)c1. The quantitative estimate of drug-likeness (QED) is 0.238. The number of imidazole rings is 1. The molecule has 0 amide bonds. The molecule has 0 saturated heterocycles. The molecule has 0 radical (unpaired) electrons. The highest BCUT2D eigenvalue weighted by molar-refractivity contribution is 7.71. The van der Waals surface area contributed by atoms with Gasteiger partial charge in [-0.3, -0.25) is 9.13 Å². The Kier molecular flexibility index (Phi) is 5.71. The number of benzene rings is 4. The molecule has 156 valence electrons. The maximum Gasteiger partial charge on any atom is 0.190 e. The minimum atomic E-state index is 0.646. The third-order valence-electron chi connectivity index (χ3n) is 5.30. The minimum Gasteiger partial charge on any atom is -0.284 e. The summed E-state index contributed by atoms with van der Waals surface area (Å²) in [6.45, 7) is 0. The third kappa shape index (κ3) is 3.80. The van der Waals surface area contributed by atoms with Crippen molar-refractivity contribution in [2.24, 2.45) is 0 Å². The van der Waals surface area contributed by atoms with Gasteiger partial charge in [0.15, 0.2) is 4.77 Å². The first kappa shape index (κ1) is 20.8. The molecule has 0 aliphatic carbocycles. The average molecular weight is 473 g/mol. The van der Waals surface area contributed by atoms with Gasteiger partial charge in [0.05, 0.1) is 11.4 Å². The lowest BCUT2D eigenvalue weighted by molar-refractivity contribution is 0.961. The van der Waals surface area contributed by atoms with E-state index in [0.717, 1.165) is 33.9 Å². The van der Waals surface area contributed by atoms with Crippen molar-refractivity contribution in [2.45, 2.75) is 0 Å². The summed E-state index contributed by atoms with van der Waals surface area (Å²) >= 11 is 18.7. The van der Waals surface area contributed by atoms with Crippen LogP contribution in [0.5, 0.6) is 0 Å². The van der Waals surface area contributed by atoms with Crippen LogP contribution in [0.2, 0.25) is 10.0 Å². The van der Waals surface area contributed by atoms with Crippen molar-refractivity contribution in [1.29, 1.82) is 0 Å². The Bertz CT molecular complexity index is 1440. The molecule has 5 aromatic rings. The predicted molar refractivity (Wildman–Crippen MR) is 137 cm³/mol. The van der Waals surface area contributed by atoms with Gasteiger partial charge < -0.3 is 0 Å². The number of hydrogen-bond donors (Lipinski definition) is 0. The van der Waals surface area contributed by atoms with Gasteiger partial charge >= 0.3 is 0 Å². The maximum absolute atomic E-state index is 6.37. The fourth-order valence-electron chi connectivity index (χ4n) is 3.91. The second-order valence-electron chi connectivity index (χ2n) is 7.34. The Morgan fingerprint density at radius 1 is 0.500 bits per heavy atom. The first-order valence-electron chi connectivity index (χ1n) is 10.1. The fourth-order valence-corrected chi connectivity index (χ4v) is 4.62. The van der Waals surface area contributed by atoms with E-state index >= 15 is 0 Å². The molecule has 0 aliphatic rings. The van der Waals surface area contributed by atoms with Crippen LogP contribution in [0.15, 0.2) is 109 Å². The van der Waals surface area contributed by atoms with E-state index in [1.54, 1.807) is 0 Å². The molecule has 32 heavy (non-hydrogen) atoms. The highest BCUT2D eigenvalue weighted by atomic mass is 35.5. The van der Waals surface area contributed by atoms with Gasteiger partial charge in [0, 0.05) is 32.5 Å². The minimum absolute atomic E-state index is 0.646. The van der Waals surface area contributed by atoms with Gasteiger partial charge in [-0.1, -0.05) is 89.9 Å². The molecule has 1 heterocycles. The maximum atomic E-state index is 6.37. The summed E-state index contributed by atoms with van der Waals surface area (Å²) in [5.74, 6) is 0. The first-order valence-corrected chi connectivity index (χ1v) is 11.3. The standard InChI is InChI=1S/C27H18Cl2N2S/c28-21-14-16-23(17-15-21)30-25(19-8-3-1-4-9-19)26(20-10-5-2-6-11-20)31(27(30)32)24-13-7-12-22(29)18-24/h1-18H. The number of halogens is 2. The van der Waals surface area contributed by atoms with E-state index in [4.69, 9.17) is 35.4 Å². The van der Waals surface area contributed by atoms with Crippen LogP contribution in [-0.2, 0) is 0 Å².